The minimum Gasteiger partial charge on any atom is 1.00 e. The number of nitrogens with one attached hydrogen (secondary N) is 2. The number of hydrogen-bond acceptors (Lipinski definition) is 6. The fourth-order valence-corrected chi connectivity index (χ4v) is 4.67. The maximum Gasteiger partial charge on any atom is 1.00 e. The first-order valence-electron chi connectivity index (χ1n) is 7.77. The molecule has 2 rings (SSSR count). The van der Waals surface area contributed by atoms with Gasteiger partial charge in [0.15, 0.2) is 0 Å². The van der Waals surface area contributed by atoms with Gasteiger partial charge in [0.25, 0.3) is 0 Å². The second kappa shape index (κ2) is 12.0. The van der Waals surface area contributed by atoms with Crippen LogP contribution in [-0.4, -0.2) is 30.4 Å². The van der Waals surface area contributed by atoms with Crippen LogP contribution in [0.4, 0.5) is 4.79 Å². The van der Waals surface area contributed by atoms with Gasteiger partial charge in [0.1, 0.15) is 5.41 Å². The molecule has 27 heavy (non-hydrogen) atoms. The number of carboxylic acid groups (broad SMARTS) is 1. The zero-order valence-electron chi connectivity index (χ0n) is 15.4. The number of imide groups is 2. The molecule has 0 bridgehead atoms. The van der Waals surface area contributed by atoms with E-state index in [1.165, 1.54) is 0 Å². The van der Waals surface area contributed by atoms with E-state index in [2.05, 4.69) is 10.6 Å². The van der Waals surface area contributed by atoms with Crippen LogP contribution < -0.4 is 53.1 Å². The molecule has 0 unspecified atom stereocenters. The molecule has 1 heterocycles. The summed E-state index contributed by atoms with van der Waals surface area (Å²) < 4.78 is 5.98. The van der Waals surface area contributed by atoms with Crippen LogP contribution in [0.1, 0.15) is 26.7 Å². The van der Waals surface area contributed by atoms with Crippen LogP contribution in [0, 0.1) is 5.41 Å². The Hall–Kier alpha value is -0.675. The van der Waals surface area contributed by atoms with Gasteiger partial charge in [0, 0.05) is 0 Å². The van der Waals surface area contributed by atoms with E-state index in [9.17, 15) is 24.3 Å². The summed E-state index contributed by atoms with van der Waals surface area (Å²) in [6.45, 7) is 3.05. The number of carbonyl (C=O) groups is 4. The zero-order chi connectivity index (χ0) is 19.9. The number of hydrogen-bond donors (Lipinski definition) is 2. The van der Waals surface area contributed by atoms with E-state index in [0.717, 1.165) is 3.07 Å². The first kappa shape index (κ1) is 26.3. The number of barbiturate groups is 1. The van der Waals surface area contributed by atoms with Crippen molar-refractivity contribution in [1.82, 2.24) is 10.6 Å². The van der Waals surface area contributed by atoms with E-state index in [4.69, 9.17) is 16.3 Å². The summed E-state index contributed by atoms with van der Waals surface area (Å²) in [5.74, 6) is -1.75. The monoisotopic (exact) mass is 593 g/mol. The van der Waals surface area contributed by atoms with E-state index in [-0.39, 0.29) is 29.6 Å². The van der Waals surface area contributed by atoms with Gasteiger partial charge in [-0.1, -0.05) is 13.8 Å². The van der Waals surface area contributed by atoms with Gasteiger partial charge >= 0.3 is 133 Å². The molecule has 0 atom stereocenters. The molecule has 0 radical (unpaired) electrons. The average Bonchev–Trinajstić information content (AvgIpc) is 2.55. The standard InChI is InChI=1S/C8H6ClO3.C8H12N2O3.Hg.Na/c9-6-3-1-2-4-7(6)12-5-8(10)11;1-3-8(4-2)5(11)9-7(13)10-6(8)12;;/h1-3H,5H2,(H,10,11);3-4H2,1-2H3,(H2,9,10,11,12,13);;/q;;;+1/p-1. The number of urea groups is 1. The van der Waals surface area contributed by atoms with Crippen LogP contribution in [0.15, 0.2) is 18.2 Å². The predicted octanol–water partition coefficient (Wildman–Crippen LogP) is -3.20. The van der Waals surface area contributed by atoms with Crippen LogP contribution in [0.3, 0.4) is 0 Å². The first-order chi connectivity index (χ1) is 12.2. The third-order valence-corrected chi connectivity index (χ3v) is 6.38. The van der Waals surface area contributed by atoms with Gasteiger partial charge in [-0.2, -0.15) is 0 Å². The van der Waals surface area contributed by atoms with E-state index >= 15 is 0 Å². The van der Waals surface area contributed by atoms with Crippen molar-refractivity contribution in [3.8, 4) is 5.75 Å². The third kappa shape index (κ3) is 7.01. The van der Waals surface area contributed by atoms with E-state index in [1.807, 2.05) is 12.1 Å². The quantitative estimate of drug-likeness (QED) is 0.275. The molecular formula is C16H17ClHgN2NaO6. The third-order valence-electron chi connectivity index (χ3n) is 3.91. The van der Waals surface area contributed by atoms with Crippen molar-refractivity contribution in [2.24, 2.45) is 5.41 Å². The van der Waals surface area contributed by atoms with Crippen molar-refractivity contribution in [1.29, 1.82) is 0 Å². The number of para-hydroxylation sites is 1. The molecule has 4 amide bonds. The number of carbonyl (C=O) groups excluding carboxylic acids is 4. The summed E-state index contributed by atoms with van der Waals surface area (Å²) in [5.41, 5.74) is -1.06. The Morgan fingerprint density at radius 2 is 1.70 bits per heavy atom. The summed E-state index contributed by atoms with van der Waals surface area (Å²) in [6, 6.07) is 4.63. The Kier molecular flexibility index (Phi) is 11.7. The Bertz CT molecular complexity index is 685. The van der Waals surface area contributed by atoms with Crippen LogP contribution in [0.2, 0.25) is 5.02 Å². The van der Waals surface area contributed by atoms with Gasteiger partial charge in [0.05, 0.1) is 0 Å². The van der Waals surface area contributed by atoms with Gasteiger partial charge in [0.2, 0.25) is 11.8 Å². The van der Waals surface area contributed by atoms with Gasteiger partial charge < -0.3 is 0 Å². The SMILES string of the molecule is CCC1(CC)C(=O)NC(=O)NC1=O.O=C([O-])COc1c(Cl)ccc[c]1[Hg].[Na+]. The summed E-state index contributed by atoms with van der Waals surface area (Å²) >= 11 is 6.16. The molecule has 1 aromatic carbocycles. The Morgan fingerprint density at radius 3 is 2.11 bits per heavy atom. The van der Waals surface area contributed by atoms with E-state index < -0.39 is 35.8 Å². The Balaban J connectivity index is 0.000000483. The van der Waals surface area contributed by atoms with E-state index in [1.54, 1.807) is 19.9 Å². The Labute approximate surface area is 200 Å². The second-order valence-electron chi connectivity index (χ2n) is 5.42. The van der Waals surface area contributed by atoms with Crippen LogP contribution in [-0.2, 0) is 40.5 Å². The number of ether oxygens (including phenoxy) is 1. The summed E-state index contributed by atoms with van der Waals surface area (Å²) in [4.78, 5) is 43.7. The minimum absolute atomic E-state index is 0. The number of rotatable bonds is 5. The van der Waals surface area contributed by atoms with Crippen molar-refractivity contribution >= 4 is 38.5 Å². The molecule has 1 aromatic rings. The van der Waals surface area contributed by atoms with Gasteiger partial charge in [-0.05, 0) is 12.8 Å². The number of carboxylic acids is 1. The number of aliphatic carboxylic acids is 1. The van der Waals surface area contributed by atoms with Gasteiger partial charge in [-0.3, -0.25) is 20.2 Å². The topological polar surface area (TPSA) is 125 Å². The number of amides is 4. The van der Waals surface area contributed by atoms with Crippen molar-refractivity contribution in [2.45, 2.75) is 26.7 Å². The fourth-order valence-electron chi connectivity index (χ4n) is 2.32. The van der Waals surface area contributed by atoms with Crippen LogP contribution in [0.5, 0.6) is 5.75 Å². The molecule has 137 valence electrons. The Morgan fingerprint density at radius 1 is 1.19 bits per heavy atom. The molecule has 2 N–H and O–H groups in total. The maximum atomic E-state index is 11.4. The molecule has 0 aliphatic carbocycles. The molecule has 0 spiro atoms. The zero-order valence-corrected chi connectivity index (χ0v) is 23.6. The predicted molar refractivity (Wildman–Crippen MR) is 86.3 cm³/mol. The van der Waals surface area contributed by atoms with Crippen molar-refractivity contribution < 1.29 is 84.7 Å². The summed E-state index contributed by atoms with van der Waals surface area (Å²) in [7, 11) is 0. The molecule has 0 aromatic heterocycles. The average molecular weight is 592 g/mol. The van der Waals surface area contributed by atoms with Crippen molar-refractivity contribution in [3.63, 3.8) is 0 Å². The molecule has 0 saturated carbocycles. The smallest absolute Gasteiger partial charge is 1.00 e. The first-order valence-corrected chi connectivity index (χ1v) is 10.9. The largest absolute Gasteiger partial charge is 1.00 e. The fraction of sp³-hybridized carbons (Fsp3) is 0.375. The summed E-state index contributed by atoms with van der Waals surface area (Å²) in [5, 5.41) is 14.8. The number of halogens is 1. The molecule has 8 nitrogen and oxygen atoms in total. The maximum absolute atomic E-state index is 11.4. The molecular weight excluding hydrogens is 575 g/mol. The van der Waals surface area contributed by atoms with Crippen molar-refractivity contribution in [2.75, 3.05) is 6.61 Å². The number of benzene rings is 1. The molecule has 1 saturated heterocycles. The normalized spacial score (nSPS) is 14.8. The van der Waals surface area contributed by atoms with E-state index in [0.29, 0.717) is 49.7 Å². The minimum atomic E-state index is -1.24. The molecule has 11 heteroatoms. The van der Waals surface area contributed by atoms with Crippen LogP contribution >= 0.6 is 11.6 Å². The van der Waals surface area contributed by atoms with Gasteiger partial charge in [-0.25, -0.2) is 4.79 Å². The van der Waals surface area contributed by atoms with Gasteiger partial charge in [-0.15, -0.1) is 0 Å². The molecule has 1 aliphatic heterocycles. The van der Waals surface area contributed by atoms with Crippen LogP contribution in [0.25, 0.3) is 0 Å². The second-order valence-corrected chi connectivity index (χ2v) is 8.78. The van der Waals surface area contributed by atoms with Crippen molar-refractivity contribution in [3.05, 3.63) is 23.2 Å². The molecule has 1 fully saturated rings. The summed E-state index contributed by atoms with van der Waals surface area (Å²) in [6.07, 6.45) is 0.795. The molecule has 1 aliphatic rings.